The maximum absolute atomic E-state index is 11.0. The second kappa shape index (κ2) is 5.87. The predicted octanol–water partition coefficient (Wildman–Crippen LogP) is 4.74. The summed E-state index contributed by atoms with van der Waals surface area (Å²) in [5.74, 6) is 0. The fourth-order valence-corrected chi connectivity index (χ4v) is 3.59. The van der Waals surface area contributed by atoms with E-state index in [1.807, 2.05) is 30.3 Å². The lowest BCUT2D eigenvalue weighted by atomic mass is 9.73. The number of aliphatic hydroxyl groups is 1. The highest BCUT2D eigenvalue weighted by Crippen LogP contribution is 2.45. The SMILES string of the molecule is N#CC1(C(O)c2cccc3ccccc23)CCCCCC1. The van der Waals surface area contributed by atoms with E-state index in [1.54, 1.807) is 0 Å². The smallest absolute Gasteiger partial charge is 0.0982 e. The maximum Gasteiger partial charge on any atom is 0.0982 e. The van der Waals surface area contributed by atoms with Gasteiger partial charge in [-0.25, -0.2) is 0 Å². The first-order chi connectivity index (χ1) is 10.3. The molecule has 0 aromatic heterocycles. The molecule has 0 radical (unpaired) electrons. The highest BCUT2D eigenvalue weighted by molar-refractivity contribution is 5.86. The molecule has 0 aliphatic heterocycles. The summed E-state index contributed by atoms with van der Waals surface area (Å²) >= 11 is 0. The highest BCUT2D eigenvalue weighted by Gasteiger charge is 2.39. The first-order valence-corrected chi connectivity index (χ1v) is 7.84. The van der Waals surface area contributed by atoms with Crippen LogP contribution in [0.2, 0.25) is 0 Å². The molecular weight excluding hydrogens is 258 g/mol. The standard InChI is InChI=1S/C19H21NO/c20-14-19(12-5-1-2-6-13-19)18(21)17-11-7-9-15-8-3-4-10-16(15)17/h3-4,7-11,18,21H,1-2,5-6,12-13H2. The Morgan fingerprint density at radius 2 is 1.62 bits per heavy atom. The number of benzene rings is 2. The summed E-state index contributed by atoms with van der Waals surface area (Å²) in [6.45, 7) is 0. The monoisotopic (exact) mass is 279 g/mol. The lowest BCUT2D eigenvalue weighted by Crippen LogP contribution is -2.27. The molecule has 1 aliphatic rings. The van der Waals surface area contributed by atoms with Crippen molar-refractivity contribution >= 4 is 10.8 Å². The van der Waals surface area contributed by atoms with Gasteiger partial charge < -0.3 is 5.11 Å². The van der Waals surface area contributed by atoms with Gasteiger partial charge in [0.05, 0.1) is 17.6 Å². The van der Waals surface area contributed by atoms with Gasteiger partial charge in [-0.1, -0.05) is 68.1 Å². The third-order valence-electron chi connectivity index (χ3n) is 4.86. The zero-order valence-corrected chi connectivity index (χ0v) is 12.3. The van der Waals surface area contributed by atoms with Gasteiger partial charge in [-0.3, -0.25) is 0 Å². The summed E-state index contributed by atoms with van der Waals surface area (Å²) in [5.41, 5.74) is 0.275. The minimum Gasteiger partial charge on any atom is -0.387 e. The Hall–Kier alpha value is -1.85. The van der Waals surface area contributed by atoms with Crippen LogP contribution in [0.5, 0.6) is 0 Å². The molecule has 1 unspecified atom stereocenters. The van der Waals surface area contributed by atoms with Crippen LogP contribution >= 0.6 is 0 Å². The Morgan fingerprint density at radius 1 is 0.952 bits per heavy atom. The normalized spacial score (nSPS) is 19.6. The number of rotatable bonds is 2. The van der Waals surface area contributed by atoms with E-state index in [9.17, 15) is 10.4 Å². The van der Waals surface area contributed by atoms with Crippen LogP contribution in [-0.2, 0) is 0 Å². The van der Waals surface area contributed by atoms with E-state index < -0.39 is 11.5 Å². The minimum absolute atomic E-state index is 0.624. The number of aliphatic hydroxyl groups excluding tert-OH is 1. The summed E-state index contributed by atoms with van der Waals surface area (Å²) in [5, 5.41) is 22.9. The van der Waals surface area contributed by atoms with E-state index in [0.717, 1.165) is 42.0 Å². The van der Waals surface area contributed by atoms with Crippen molar-refractivity contribution < 1.29 is 5.11 Å². The van der Waals surface area contributed by atoms with Crippen molar-refractivity contribution in [1.29, 1.82) is 5.26 Å². The molecule has 2 aromatic rings. The lowest BCUT2D eigenvalue weighted by Gasteiger charge is -2.31. The van der Waals surface area contributed by atoms with Crippen LogP contribution in [0.25, 0.3) is 10.8 Å². The molecule has 2 heteroatoms. The van der Waals surface area contributed by atoms with E-state index in [0.29, 0.717) is 0 Å². The van der Waals surface area contributed by atoms with E-state index in [1.165, 1.54) is 12.8 Å². The summed E-state index contributed by atoms with van der Waals surface area (Å²) in [7, 11) is 0. The van der Waals surface area contributed by atoms with Crippen molar-refractivity contribution in [3.05, 3.63) is 48.0 Å². The van der Waals surface area contributed by atoms with E-state index >= 15 is 0 Å². The van der Waals surface area contributed by atoms with Crippen LogP contribution in [0.1, 0.15) is 50.2 Å². The number of fused-ring (bicyclic) bond motifs is 1. The molecule has 2 aromatic carbocycles. The average molecular weight is 279 g/mol. The molecule has 0 heterocycles. The quantitative estimate of drug-likeness (QED) is 0.807. The lowest BCUT2D eigenvalue weighted by molar-refractivity contribution is 0.0528. The third-order valence-corrected chi connectivity index (χ3v) is 4.86. The van der Waals surface area contributed by atoms with Crippen LogP contribution in [0, 0.1) is 16.7 Å². The second-order valence-corrected chi connectivity index (χ2v) is 6.15. The Bertz CT molecular complexity index is 657. The zero-order valence-electron chi connectivity index (χ0n) is 12.3. The van der Waals surface area contributed by atoms with Gasteiger partial charge in [0.2, 0.25) is 0 Å². The summed E-state index contributed by atoms with van der Waals surface area (Å²) in [4.78, 5) is 0. The van der Waals surface area contributed by atoms with Gasteiger partial charge >= 0.3 is 0 Å². The van der Waals surface area contributed by atoms with Gasteiger partial charge in [0.1, 0.15) is 0 Å². The number of hydrogen-bond acceptors (Lipinski definition) is 2. The van der Waals surface area contributed by atoms with Crippen molar-refractivity contribution in [3.63, 3.8) is 0 Å². The van der Waals surface area contributed by atoms with E-state index in [-0.39, 0.29) is 0 Å². The second-order valence-electron chi connectivity index (χ2n) is 6.15. The molecule has 2 nitrogen and oxygen atoms in total. The molecule has 1 aliphatic carbocycles. The summed E-state index contributed by atoms with van der Waals surface area (Å²) < 4.78 is 0. The van der Waals surface area contributed by atoms with Gasteiger partial charge in [-0.05, 0) is 29.2 Å². The van der Waals surface area contributed by atoms with Gasteiger partial charge in [-0.2, -0.15) is 5.26 Å². The van der Waals surface area contributed by atoms with Gasteiger partial charge in [0.25, 0.3) is 0 Å². The predicted molar refractivity (Wildman–Crippen MR) is 84.7 cm³/mol. The largest absolute Gasteiger partial charge is 0.387 e. The summed E-state index contributed by atoms with van der Waals surface area (Å²) in [6, 6.07) is 16.6. The van der Waals surface area contributed by atoms with Gasteiger partial charge in [-0.15, -0.1) is 0 Å². The molecule has 0 spiro atoms. The molecular formula is C19H21NO. The van der Waals surface area contributed by atoms with Crippen molar-refractivity contribution in [2.24, 2.45) is 5.41 Å². The molecule has 108 valence electrons. The van der Waals surface area contributed by atoms with Crippen molar-refractivity contribution in [2.45, 2.75) is 44.6 Å². The Labute approximate surface area is 126 Å². The molecule has 1 fully saturated rings. The van der Waals surface area contributed by atoms with Crippen molar-refractivity contribution in [2.75, 3.05) is 0 Å². The number of nitriles is 1. The van der Waals surface area contributed by atoms with Crippen LogP contribution in [-0.4, -0.2) is 5.11 Å². The Balaban J connectivity index is 2.06. The van der Waals surface area contributed by atoms with Crippen molar-refractivity contribution in [1.82, 2.24) is 0 Å². The Kier molecular flexibility index (Phi) is 3.94. The molecule has 0 saturated heterocycles. The topological polar surface area (TPSA) is 44.0 Å². The zero-order chi connectivity index (χ0) is 14.7. The van der Waals surface area contributed by atoms with Crippen LogP contribution < -0.4 is 0 Å². The third kappa shape index (κ3) is 2.54. The van der Waals surface area contributed by atoms with E-state index in [2.05, 4.69) is 18.2 Å². The van der Waals surface area contributed by atoms with Crippen molar-refractivity contribution in [3.8, 4) is 6.07 Å². The molecule has 1 N–H and O–H groups in total. The maximum atomic E-state index is 11.0. The van der Waals surface area contributed by atoms with Crippen LogP contribution in [0.4, 0.5) is 0 Å². The minimum atomic E-state index is -0.702. The van der Waals surface area contributed by atoms with Crippen LogP contribution in [0.15, 0.2) is 42.5 Å². The van der Waals surface area contributed by atoms with Gasteiger partial charge in [0.15, 0.2) is 0 Å². The fraction of sp³-hybridized carbons (Fsp3) is 0.421. The summed E-state index contributed by atoms with van der Waals surface area (Å²) in [6.07, 6.45) is 5.32. The number of nitrogens with zero attached hydrogens (tertiary/aromatic N) is 1. The molecule has 21 heavy (non-hydrogen) atoms. The molecule has 3 rings (SSSR count). The molecule has 0 amide bonds. The van der Waals surface area contributed by atoms with Crippen LogP contribution in [0.3, 0.4) is 0 Å². The highest BCUT2D eigenvalue weighted by atomic mass is 16.3. The molecule has 0 bridgehead atoms. The van der Waals surface area contributed by atoms with Gasteiger partial charge in [0, 0.05) is 0 Å². The first-order valence-electron chi connectivity index (χ1n) is 7.84. The Morgan fingerprint density at radius 3 is 2.33 bits per heavy atom. The number of hydrogen-bond donors (Lipinski definition) is 1. The first kappa shape index (κ1) is 14.1. The fourth-order valence-electron chi connectivity index (χ4n) is 3.59. The molecule has 1 atom stereocenters. The average Bonchev–Trinajstić information content (AvgIpc) is 2.80. The van der Waals surface area contributed by atoms with E-state index in [4.69, 9.17) is 0 Å². The molecule has 1 saturated carbocycles.